The van der Waals surface area contributed by atoms with Gasteiger partial charge in [-0.1, -0.05) is 29.8 Å². The minimum atomic E-state index is -3.63. The van der Waals surface area contributed by atoms with E-state index in [4.69, 9.17) is 0 Å². The maximum absolute atomic E-state index is 12.8. The van der Waals surface area contributed by atoms with E-state index in [0.717, 1.165) is 11.1 Å². The van der Waals surface area contributed by atoms with E-state index >= 15 is 0 Å². The third-order valence-electron chi connectivity index (χ3n) is 5.17. The van der Waals surface area contributed by atoms with E-state index in [0.29, 0.717) is 16.8 Å². The largest absolute Gasteiger partial charge is 0.271 e. The Kier molecular flexibility index (Phi) is 7.54. The number of nitrogens with zero attached hydrogens (tertiary/aromatic N) is 3. The van der Waals surface area contributed by atoms with Crippen molar-refractivity contribution >= 4 is 27.3 Å². The normalized spacial score (nSPS) is 11.9. The lowest BCUT2D eigenvalue weighted by Crippen LogP contribution is -2.26. The summed E-state index contributed by atoms with van der Waals surface area (Å²) in [5, 5.41) is 14.8. The molecule has 0 saturated heterocycles. The van der Waals surface area contributed by atoms with Crippen LogP contribution in [0.3, 0.4) is 0 Å². The van der Waals surface area contributed by atoms with Crippen LogP contribution < -0.4 is 5.43 Å². The first-order chi connectivity index (χ1) is 16.1. The molecule has 0 bridgehead atoms. The molecular formula is C24H24N4O5S. The lowest BCUT2D eigenvalue weighted by atomic mass is 10.1. The van der Waals surface area contributed by atoms with Crippen molar-refractivity contribution in [3.63, 3.8) is 0 Å². The fraction of sp³-hybridized carbons (Fsp3) is 0.167. The van der Waals surface area contributed by atoms with Crippen molar-refractivity contribution in [1.29, 1.82) is 0 Å². The summed E-state index contributed by atoms with van der Waals surface area (Å²) in [6, 6.07) is 19.0. The van der Waals surface area contributed by atoms with Crippen LogP contribution in [0, 0.1) is 17.0 Å². The summed E-state index contributed by atoms with van der Waals surface area (Å²) in [5.41, 5.74) is 5.60. The van der Waals surface area contributed by atoms with Crippen LogP contribution in [0.4, 0.5) is 5.69 Å². The van der Waals surface area contributed by atoms with Crippen LogP contribution in [0.2, 0.25) is 0 Å². The number of hydrogen-bond acceptors (Lipinski definition) is 6. The molecule has 10 heteroatoms. The quantitative estimate of drug-likeness (QED) is 0.298. The van der Waals surface area contributed by atoms with Gasteiger partial charge in [-0.2, -0.15) is 9.41 Å². The van der Waals surface area contributed by atoms with Crippen molar-refractivity contribution in [3.05, 3.63) is 105 Å². The maximum Gasteiger partial charge on any atom is 0.271 e. The summed E-state index contributed by atoms with van der Waals surface area (Å²) in [5.74, 6) is -0.437. The van der Waals surface area contributed by atoms with E-state index in [-0.39, 0.29) is 17.1 Å². The number of sulfonamides is 1. The summed E-state index contributed by atoms with van der Waals surface area (Å²) >= 11 is 0. The molecule has 0 saturated carbocycles. The van der Waals surface area contributed by atoms with E-state index in [1.54, 1.807) is 67.6 Å². The molecule has 0 fully saturated rings. The molecule has 0 aliphatic rings. The standard InChI is InChI=1S/C24H24N4O5S/c1-17-4-14-23(15-5-17)34(32,33)27(3)16-19-6-8-21(9-7-19)24(29)26-25-18(2)20-10-12-22(13-11-20)28(30)31/h4-15H,16H2,1-3H3,(H,26,29). The zero-order valence-electron chi connectivity index (χ0n) is 18.9. The number of benzene rings is 3. The summed E-state index contributed by atoms with van der Waals surface area (Å²) in [7, 11) is -2.13. The first-order valence-corrected chi connectivity index (χ1v) is 11.7. The van der Waals surface area contributed by atoms with Gasteiger partial charge in [0.15, 0.2) is 0 Å². The number of nitrogens with one attached hydrogen (secondary N) is 1. The van der Waals surface area contributed by atoms with Gasteiger partial charge in [-0.15, -0.1) is 0 Å². The maximum atomic E-state index is 12.8. The number of amides is 1. The molecule has 34 heavy (non-hydrogen) atoms. The number of carbonyl (C=O) groups excluding carboxylic acids is 1. The second-order valence-corrected chi connectivity index (χ2v) is 9.76. The van der Waals surface area contributed by atoms with E-state index in [1.807, 2.05) is 6.92 Å². The van der Waals surface area contributed by atoms with Gasteiger partial charge in [-0.25, -0.2) is 13.8 Å². The molecular weight excluding hydrogens is 456 g/mol. The van der Waals surface area contributed by atoms with Gasteiger partial charge in [0.25, 0.3) is 11.6 Å². The number of non-ortho nitro benzene ring substituents is 1. The van der Waals surface area contributed by atoms with Crippen molar-refractivity contribution in [2.24, 2.45) is 5.10 Å². The van der Waals surface area contributed by atoms with Gasteiger partial charge in [0.1, 0.15) is 0 Å². The van der Waals surface area contributed by atoms with Gasteiger partial charge in [0.2, 0.25) is 10.0 Å². The summed E-state index contributed by atoms with van der Waals surface area (Å²) in [6.07, 6.45) is 0. The van der Waals surface area contributed by atoms with E-state index in [2.05, 4.69) is 10.5 Å². The number of hydrazone groups is 1. The number of carbonyl (C=O) groups is 1. The van der Waals surface area contributed by atoms with E-state index in [9.17, 15) is 23.3 Å². The SMILES string of the molecule is CC(=NNC(=O)c1ccc(CN(C)S(=O)(=O)c2ccc(C)cc2)cc1)c1ccc([N+](=O)[O-])cc1. The van der Waals surface area contributed by atoms with E-state index < -0.39 is 20.9 Å². The van der Waals surface area contributed by atoms with Crippen LogP contribution in [0.25, 0.3) is 0 Å². The predicted molar refractivity (Wildman–Crippen MR) is 129 cm³/mol. The van der Waals surface area contributed by atoms with Gasteiger partial charge in [-0.05, 0) is 61.4 Å². The highest BCUT2D eigenvalue weighted by atomic mass is 32.2. The highest BCUT2D eigenvalue weighted by Gasteiger charge is 2.20. The molecule has 0 atom stereocenters. The molecule has 3 aromatic carbocycles. The minimum Gasteiger partial charge on any atom is -0.267 e. The summed E-state index contributed by atoms with van der Waals surface area (Å²) in [4.78, 5) is 22.9. The fourth-order valence-electron chi connectivity index (χ4n) is 3.08. The molecule has 0 radical (unpaired) electrons. The highest BCUT2D eigenvalue weighted by molar-refractivity contribution is 7.89. The topological polar surface area (TPSA) is 122 Å². The van der Waals surface area contributed by atoms with Crippen LogP contribution in [0.15, 0.2) is 82.8 Å². The molecule has 3 aromatic rings. The van der Waals surface area contributed by atoms with E-state index in [1.165, 1.54) is 23.5 Å². The second kappa shape index (κ2) is 10.4. The number of aryl methyl sites for hydroxylation is 1. The number of rotatable bonds is 8. The Balaban J connectivity index is 1.63. The lowest BCUT2D eigenvalue weighted by Gasteiger charge is -2.17. The molecule has 3 rings (SSSR count). The first kappa shape index (κ1) is 24.7. The smallest absolute Gasteiger partial charge is 0.267 e. The van der Waals surface area contributed by atoms with Gasteiger partial charge in [0.05, 0.1) is 15.5 Å². The van der Waals surface area contributed by atoms with Crippen LogP contribution in [-0.2, 0) is 16.6 Å². The van der Waals surface area contributed by atoms with Crippen LogP contribution in [0.1, 0.15) is 34.0 Å². The van der Waals surface area contributed by atoms with Crippen LogP contribution in [-0.4, -0.2) is 36.3 Å². The molecule has 0 heterocycles. The highest BCUT2D eigenvalue weighted by Crippen LogP contribution is 2.18. The average molecular weight is 481 g/mol. The Morgan fingerprint density at radius 1 is 0.971 bits per heavy atom. The van der Waals surface area contributed by atoms with Crippen LogP contribution >= 0.6 is 0 Å². The Labute approximate surface area is 197 Å². The van der Waals surface area contributed by atoms with Crippen molar-refractivity contribution in [2.75, 3.05) is 7.05 Å². The number of nitro groups is 1. The average Bonchev–Trinajstić information content (AvgIpc) is 2.83. The van der Waals surface area contributed by atoms with Gasteiger partial charge in [-0.3, -0.25) is 14.9 Å². The molecule has 0 spiro atoms. The molecule has 9 nitrogen and oxygen atoms in total. The van der Waals surface area contributed by atoms with Crippen molar-refractivity contribution in [3.8, 4) is 0 Å². The Bertz CT molecular complexity index is 1320. The molecule has 1 N–H and O–H groups in total. The zero-order chi connectivity index (χ0) is 24.9. The molecule has 0 unspecified atom stereocenters. The Hall–Kier alpha value is -3.89. The molecule has 0 aromatic heterocycles. The monoisotopic (exact) mass is 480 g/mol. The van der Waals surface area contributed by atoms with Gasteiger partial charge < -0.3 is 0 Å². The van der Waals surface area contributed by atoms with Gasteiger partial charge >= 0.3 is 0 Å². The summed E-state index contributed by atoms with van der Waals surface area (Å²) < 4.78 is 26.8. The predicted octanol–water partition coefficient (Wildman–Crippen LogP) is 3.88. The first-order valence-electron chi connectivity index (χ1n) is 10.3. The number of nitro benzene ring substituents is 1. The van der Waals surface area contributed by atoms with Crippen molar-refractivity contribution in [2.45, 2.75) is 25.3 Å². The molecule has 0 aliphatic heterocycles. The third kappa shape index (κ3) is 5.91. The number of hydrogen-bond donors (Lipinski definition) is 1. The Morgan fingerprint density at radius 2 is 1.53 bits per heavy atom. The van der Waals surface area contributed by atoms with Crippen molar-refractivity contribution in [1.82, 2.24) is 9.73 Å². The zero-order valence-corrected chi connectivity index (χ0v) is 19.7. The molecule has 176 valence electrons. The third-order valence-corrected chi connectivity index (χ3v) is 6.99. The lowest BCUT2D eigenvalue weighted by molar-refractivity contribution is -0.384. The minimum absolute atomic E-state index is 0.0296. The summed E-state index contributed by atoms with van der Waals surface area (Å²) in [6.45, 7) is 3.71. The molecule has 1 amide bonds. The van der Waals surface area contributed by atoms with Crippen molar-refractivity contribution < 1.29 is 18.1 Å². The fourth-order valence-corrected chi connectivity index (χ4v) is 4.24. The van der Waals surface area contributed by atoms with Gasteiger partial charge in [0, 0.05) is 31.3 Å². The second-order valence-electron chi connectivity index (χ2n) is 7.71. The van der Waals surface area contributed by atoms with Crippen LogP contribution in [0.5, 0.6) is 0 Å². The molecule has 0 aliphatic carbocycles. The Morgan fingerprint density at radius 3 is 2.09 bits per heavy atom.